The number of para-hydroxylation sites is 1. The molecule has 11 heteroatoms. The van der Waals surface area contributed by atoms with Crippen LogP contribution in [0.3, 0.4) is 0 Å². The van der Waals surface area contributed by atoms with Gasteiger partial charge in [-0.05, 0) is 12.1 Å². The largest absolute Gasteiger partial charge is 0.484 e. The van der Waals surface area contributed by atoms with Crippen molar-refractivity contribution in [1.29, 1.82) is 0 Å². The Bertz CT molecular complexity index is 871. The monoisotopic (exact) mass is 465 g/mol. The van der Waals surface area contributed by atoms with Crippen molar-refractivity contribution in [1.82, 2.24) is 4.90 Å². The fourth-order valence-electron chi connectivity index (χ4n) is 3.45. The Labute approximate surface area is 190 Å². The molecule has 1 aromatic carbocycles. The molecule has 1 aliphatic rings. The molecule has 1 heterocycles. The van der Waals surface area contributed by atoms with Crippen LogP contribution in [0.1, 0.15) is 27.7 Å². The van der Waals surface area contributed by atoms with Crippen LogP contribution in [-0.2, 0) is 42.9 Å². The fourth-order valence-corrected chi connectivity index (χ4v) is 3.45. The van der Waals surface area contributed by atoms with E-state index >= 15 is 0 Å². The van der Waals surface area contributed by atoms with Gasteiger partial charge in [0.25, 0.3) is 5.91 Å². The third-order valence-electron chi connectivity index (χ3n) is 4.65. The van der Waals surface area contributed by atoms with E-state index in [0.29, 0.717) is 5.75 Å². The second kappa shape index (κ2) is 11.8. The lowest BCUT2D eigenvalue weighted by Gasteiger charge is -2.46. The zero-order chi connectivity index (χ0) is 24.5. The molecular weight excluding hydrogens is 438 g/mol. The number of carbonyl (C=O) groups is 5. The smallest absolute Gasteiger partial charge is 0.303 e. The molecule has 2 rings (SSSR count). The van der Waals surface area contributed by atoms with Crippen molar-refractivity contribution in [2.24, 2.45) is 0 Å². The highest BCUT2D eigenvalue weighted by atomic mass is 16.6. The van der Waals surface area contributed by atoms with Gasteiger partial charge in [-0.3, -0.25) is 24.0 Å². The third-order valence-corrected chi connectivity index (χ3v) is 4.65. The Morgan fingerprint density at radius 1 is 0.818 bits per heavy atom. The van der Waals surface area contributed by atoms with Gasteiger partial charge >= 0.3 is 23.9 Å². The maximum atomic E-state index is 13.1. The van der Waals surface area contributed by atoms with E-state index in [9.17, 15) is 24.0 Å². The summed E-state index contributed by atoms with van der Waals surface area (Å²) < 4.78 is 26.6. The van der Waals surface area contributed by atoms with E-state index < -0.39 is 60.7 Å². The van der Waals surface area contributed by atoms with E-state index in [4.69, 9.17) is 23.7 Å². The third kappa shape index (κ3) is 7.78. The lowest BCUT2D eigenvalue weighted by atomic mass is 9.93. The lowest BCUT2D eigenvalue weighted by molar-refractivity contribution is -0.209. The molecule has 33 heavy (non-hydrogen) atoms. The van der Waals surface area contributed by atoms with Gasteiger partial charge in [0.15, 0.2) is 24.9 Å². The van der Waals surface area contributed by atoms with E-state index in [-0.39, 0.29) is 13.2 Å². The Balaban J connectivity index is 2.38. The molecule has 0 spiro atoms. The van der Waals surface area contributed by atoms with Crippen LogP contribution in [0.15, 0.2) is 30.3 Å². The summed E-state index contributed by atoms with van der Waals surface area (Å²) in [4.78, 5) is 61.0. The first-order valence-corrected chi connectivity index (χ1v) is 10.2. The minimum absolute atomic E-state index is 0.210. The maximum absolute atomic E-state index is 13.1. The normalized spacial score (nSPS) is 22.0. The molecule has 0 aliphatic carbocycles. The Kier molecular flexibility index (Phi) is 9.19. The number of carbonyl (C=O) groups excluding carboxylic acids is 5. The van der Waals surface area contributed by atoms with Crippen molar-refractivity contribution in [2.75, 3.05) is 19.8 Å². The standard InChI is InChI=1S/C22H27NO10/c1-13(24)29-11-18-21(32-15(3)26)22(33-16(4)27)19(31-14(2)25)10-23(18)20(28)12-30-17-8-6-5-7-9-17/h5-9,18-19,21-22H,10-12H2,1-4H3/t18-,19+,21-,22-/m1/s1. The zero-order valence-corrected chi connectivity index (χ0v) is 18.8. The number of piperidine rings is 1. The quantitative estimate of drug-likeness (QED) is 0.397. The van der Waals surface area contributed by atoms with E-state index in [1.165, 1.54) is 11.8 Å². The van der Waals surface area contributed by atoms with Gasteiger partial charge in [-0.15, -0.1) is 0 Å². The summed E-state index contributed by atoms with van der Waals surface area (Å²) in [7, 11) is 0. The van der Waals surface area contributed by atoms with E-state index in [0.717, 1.165) is 20.8 Å². The van der Waals surface area contributed by atoms with Crippen molar-refractivity contribution < 1.29 is 47.7 Å². The second-order valence-electron chi connectivity index (χ2n) is 7.31. The van der Waals surface area contributed by atoms with Gasteiger partial charge in [0.05, 0.1) is 6.54 Å². The molecule has 0 aromatic heterocycles. The highest BCUT2D eigenvalue weighted by Crippen LogP contribution is 2.27. The van der Waals surface area contributed by atoms with Crippen LogP contribution in [0.5, 0.6) is 5.75 Å². The van der Waals surface area contributed by atoms with E-state index in [1.807, 2.05) is 0 Å². The highest BCUT2D eigenvalue weighted by molar-refractivity contribution is 5.79. The predicted molar refractivity (Wildman–Crippen MR) is 111 cm³/mol. The van der Waals surface area contributed by atoms with E-state index in [2.05, 4.69) is 0 Å². The summed E-state index contributed by atoms with van der Waals surface area (Å²) in [5.41, 5.74) is 0. The first-order valence-electron chi connectivity index (χ1n) is 10.2. The van der Waals surface area contributed by atoms with Crippen molar-refractivity contribution in [3.63, 3.8) is 0 Å². The minimum atomic E-state index is -1.27. The first kappa shape index (κ1) is 25.6. The number of rotatable bonds is 8. The molecule has 0 radical (unpaired) electrons. The molecule has 1 amide bonds. The van der Waals surface area contributed by atoms with E-state index in [1.54, 1.807) is 30.3 Å². The van der Waals surface area contributed by atoms with Crippen LogP contribution in [-0.4, -0.2) is 78.8 Å². The van der Waals surface area contributed by atoms with Crippen LogP contribution in [0.2, 0.25) is 0 Å². The van der Waals surface area contributed by atoms with Gasteiger partial charge in [-0.25, -0.2) is 0 Å². The molecule has 1 aromatic rings. The first-order chi connectivity index (χ1) is 15.6. The second-order valence-corrected chi connectivity index (χ2v) is 7.31. The summed E-state index contributed by atoms with van der Waals surface area (Å²) in [6.45, 7) is 3.65. The number of hydrogen-bond acceptors (Lipinski definition) is 10. The number of esters is 4. The van der Waals surface area contributed by atoms with Gasteiger partial charge in [-0.2, -0.15) is 0 Å². The zero-order valence-electron chi connectivity index (χ0n) is 18.8. The predicted octanol–water partition coefficient (Wildman–Crippen LogP) is 0.634. The molecule has 4 atom stereocenters. The van der Waals surface area contributed by atoms with Crippen LogP contribution in [0, 0.1) is 0 Å². The molecule has 1 fully saturated rings. The topological polar surface area (TPSA) is 135 Å². The number of benzene rings is 1. The number of ether oxygens (including phenoxy) is 5. The molecule has 0 unspecified atom stereocenters. The van der Waals surface area contributed by atoms with Gasteiger partial charge in [0, 0.05) is 27.7 Å². The van der Waals surface area contributed by atoms with Crippen molar-refractivity contribution >= 4 is 29.8 Å². The Morgan fingerprint density at radius 3 is 1.94 bits per heavy atom. The fraction of sp³-hybridized carbons (Fsp3) is 0.500. The summed E-state index contributed by atoms with van der Waals surface area (Å²) in [6.07, 6.45) is -3.63. The minimum Gasteiger partial charge on any atom is -0.484 e. The highest BCUT2D eigenvalue weighted by Gasteiger charge is 2.51. The Morgan fingerprint density at radius 2 is 1.39 bits per heavy atom. The molecule has 0 saturated carbocycles. The number of amides is 1. The number of likely N-dealkylation sites (tertiary alicyclic amines) is 1. The van der Waals surface area contributed by atoms with Crippen LogP contribution < -0.4 is 4.74 Å². The van der Waals surface area contributed by atoms with Crippen LogP contribution in [0.25, 0.3) is 0 Å². The number of hydrogen-bond donors (Lipinski definition) is 0. The van der Waals surface area contributed by atoms with Gasteiger partial charge in [0.2, 0.25) is 0 Å². The molecule has 180 valence electrons. The van der Waals surface area contributed by atoms with Gasteiger partial charge < -0.3 is 28.6 Å². The molecule has 0 bridgehead atoms. The number of nitrogens with zero attached hydrogens (tertiary/aromatic N) is 1. The SMILES string of the molecule is CC(=O)OC[C@@H]1[C@@H](OC(C)=O)[C@H](OC(C)=O)[C@@H](OC(C)=O)CN1C(=O)COc1ccccc1. The van der Waals surface area contributed by atoms with Gasteiger partial charge in [-0.1, -0.05) is 18.2 Å². The summed E-state index contributed by atoms with van der Waals surface area (Å²) in [5, 5.41) is 0. The summed E-state index contributed by atoms with van der Waals surface area (Å²) in [6, 6.07) is 7.57. The van der Waals surface area contributed by atoms with Crippen molar-refractivity contribution in [3.05, 3.63) is 30.3 Å². The molecule has 0 N–H and O–H groups in total. The molecule has 1 aliphatic heterocycles. The van der Waals surface area contributed by atoms with Crippen molar-refractivity contribution in [2.45, 2.75) is 52.0 Å². The maximum Gasteiger partial charge on any atom is 0.303 e. The molecule has 1 saturated heterocycles. The van der Waals surface area contributed by atoms with Crippen LogP contribution >= 0.6 is 0 Å². The lowest BCUT2D eigenvalue weighted by Crippen LogP contribution is -2.67. The molecular formula is C22H27NO10. The van der Waals surface area contributed by atoms with Crippen LogP contribution in [0.4, 0.5) is 0 Å². The summed E-state index contributed by atoms with van der Waals surface area (Å²) in [5.74, 6) is -2.87. The van der Waals surface area contributed by atoms with Crippen molar-refractivity contribution in [3.8, 4) is 5.75 Å². The average molecular weight is 465 g/mol. The summed E-state index contributed by atoms with van der Waals surface area (Å²) >= 11 is 0. The average Bonchev–Trinajstić information content (AvgIpc) is 2.73. The van der Waals surface area contributed by atoms with Gasteiger partial charge in [0.1, 0.15) is 18.4 Å². The molecule has 11 nitrogen and oxygen atoms in total. The Hall–Kier alpha value is -3.63.